The van der Waals surface area contributed by atoms with E-state index in [2.05, 4.69) is 25.5 Å². The Hall–Kier alpha value is -3.69. The van der Waals surface area contributed by atoms with Crippen LogP contribution in [0, 0.1) is 6.92 Å². The molecule has 1 amide bonds. The quantitative estimate of drug-likeness (QED) is 0.288. The van der Waals surface area contributed by atoms with Crippen LogP contribution in [0.3, 0.4) is 0 Å². The van der Waals surface area contributed by atoms with E-state index in [1.165, 1.54) is 25.9 Å². The highest BCUT2D eigenvalue weighted by atomic mass is 16.5. The molecule has 3 aromatic rings. The van der Waals surface area contributed by atoms with E-state index in [9.17, 15) is 4.79 Å². The van der Waals surface area contributed by atoms with Gasteiger partial charge >= 0.3 is 0 Å². The number of hydrogen-bond donors (Lipinski definition) is 4. The van der Waals surface area contributed by atoms with Crippen molar-refractivity contribution in [3.8, 4) is 5.75 Å². The van der Waals surface area contributed by atoms with Crippen LogP contribution >= 0.6 is 0 Å². The molecule has 1 aromatic heterocycles. The van der Waals surface area contributed by atoms with E-state index in [0.29, 0.717) is 29.6 Å². The fourth-order valence-corrected chi connectivity index (χ4v) is 3.63. The largest absolute Gasteiger partial charge is 0.492 e. The van der Waals surface area contributed by atoms with Crippen molar-refractivity contribution in [3.63, 3.8) is 0 Å². The number of carbonyl (C=O) groups is 1. The predicted molar refractivity (Wildman–Crippen MR) is 127 cm³/mol. The van der Waals surface area contributed by atoms with E-state index >= 15 is 0 Å². The summed E-state index contributed by atoms with van der Waals surface area (Å²) in [6.45, 7) is 5.88. The first-order chi connectivity index (χ1) is 16.1. The second kappa shape index (κ2) is 10.8. The summed E-state index contributed by atoms with van der Waals surface area (Å²) in [6, 6.07) is 14.5. The van der Waals surface area contributed by atoms with Crippen molar-refractivity contribution in [2.24, 2.45) is 0 Å². The van der Waals surface area contributed by atoms with Crippen molar-refractivity contribution < 1.29 is 14.7 Å². The van der Waals surface area contributed by atoms with Crippen molar-refractivity contribution >= 4 is 29.0 Å². The maximum Gasteiger partial charge on any atom is 0.274 e. The first-order valence-electron chi connectivity index (χ1n) is 11.0. The fourth-order valence-electron chi connectivity index (χ4n) is 3.63. The van der Waals surface area contributed by atoms with Crippen LogP contribution in [0.1, 0.15) is 28.8 Å². The zero-order valence-electron chi connectivity index (χ0n) is 18.5. The van der Waals surface area contributed by atoms with Crippen molar-refractivity contribution in [2.45, 2.75) is 19.8 Å². The van der Waals surface area contributed by atoms with Crippen molar-refractivity contribution in [1.82, 2.24) is 20.3 Å². The summed E-state index contributed by atoms with van der Waals surface area (Å²) in [5.74, 6) is 1.30. The first kappa shape index (κ1) is 22.5. The van der Waals surface area contributed by atoms with Crippen LogP contribution in [0.4, 0.5) is 23.1 Å². The molecular formula is C24H28N6O3. The number of hydrogen-bond acceptors (Lipinski definition) is 8. The standard InChI is InChI=1S/C24H28N6O3/c1-17-16-25-24(28-22(17)26-20-6-4-5-18(15-20)23(31)29-32)27-19-7-9-21(10-8-19)33-14-13-30-11-2-3-12-30/h4-10,15-16,32H,2-3,11-14H2,1H3,(H,29,31)(H2,25,26,27,28). The summed E-state index contributed by atoms with van der Waals surface area (Å²) in [5.41, 5.74) is 4.32. The summed E-state index contributed by atoms with van der Waals surface area (Å²) in [7, 11) is 0. The van der Waals surface area contributed by atoms with Crippen LogP contribution < -0.4 is 20.9 Å². The molecule has 0 unspecified atom stereocenters. The number of nitrogens with zero attached hydrogens (tertiary/aromatic N) is 3. The minimum Gasteiger partial charge on any atom is -0.492 e. The molecule has 9 heteroatoms. The normalized spacial score (nSPS) is 13.5. The second-order valence-corrected chi connectivity index (χ2v) is 7.92. The topological polar surface area (TPSA) is 112 Å². The van der Waals surface area contributed by atoms with Gasteiger partial charge in [-0.05, 0) is 75.3 Å². The van der Waals surface area contributed by atoms with Gasteiger partial charge in [0.15, 0.2) is 0 Å². The van der Waals surface area contributed by atoms with Gasteiger partial charge in [0.05, 0.1) is 0 Å². The molecule has 0 bridgehead atoms. The number of likely N-dealkylation sites (tertiary alicyclic amines) is 1. The molecular weight excluding hydrogens is 420 g/mol. The number of anilines is 4. The van der Waals surface area contributed by atoms with E-state index in [4.69, 9.17) is 9.94 Å². The van der Waals surface area contributed by atoms with Gasteiger partial charge in [0.2, 0.25) is 5.95 Å². The number of hydroxylamine groups is 1. The first-order valence-corrected chi connectivity index (χ1v) is 11.0. The van der Waals surface area contributed by atoms with Gasteiger partial charge in [-0.15, -0.1) is 0 Å². The molecule has 2 heterocycles. The lowest BCUT2D eigenvalue weighted by molar-refractivity contribution is 0.0706. The number of benzene rings is 2. The smallest absolute Gasteiger partial charge is 0.274 e. The highest BCUT2D eigenvalue weighted by molar-refractivity contribution is 5.94. The van der Waals surface area contributed by atoms with Gasteiger partial charge in [0, 0.05) is 35.2 Å². The molecule has 4 N–H and O–H groups in total. The minimum atomic E-state index is -0.580. The Morgan fingerprint density at radius 3 is 2.64 bits per heavy atom. The highest BCUT2D eigenvalue weighted by Gasteiger charge is 2.11. The average Bonchev–Trinajstić information content (AvgIpc) is 3.35. The fraction of sp³-hybridized carbons (Fsp3) is 0.292. The van der Waals surface area contributed by atoms with E-state index in [1.807, 2.05) is 37.3 Å². The zero-order valence-corrected chi connectivity index (χ0v) is 18.5. The summed E-state index contributed by atoms with van der Waals surface area (Å²) in [5, 5.41) is 15.2. The van der Waals surface area contributed by atoms with Gasteiger partial charge in [-0.1, -0.05) is 6.07 Å². The third kappa shape index (κ3) is 6.18. The molecule has 0 saturated carbocycles. The monoisotopic (exact) mass is 448 g/mol. The zero-order chi connectivity index (χ0) is 23.0. The predicted octanol–water partition coefficient (Wildman–Crippen LogP) is 3.87. The number of nitrogens with one attached hydrogen (secondary N) is 3. The molecule has 2 aromatic carbocycles. The Kier molecular flexibility index (Phi) is 7.33. The number of aromatic nitrogens is 2. The van der Waals surface area contributed by atoms with Crippen molar-refractivity contribution in [1.29, 1.82) is 0 Å². The molecule has 172 valence electrons. The van der Waals surface area contributed by atoms with Crippen molar-refractivity contribution in [3.05, 3.63) is 65.9 Å². The summed E-state index contributed by atoms with van der Waals surface area (Å²) < 4.78 is 5.85. The summed E-state index contributed by atoms with van der Waals surface area (Å²) >= 11 is 0. The third-order valence-electron chi connectivity index (χ3n) is 5.45. The van der Waals surface area contributed by atoms with Gasteiger partial charge in [0.25, 0.3) is 5.91 Å². The molecule has 9 nitrogen and oxygen atoms in total. The Morgan fingerprint density at radius 1 is 1.09 bits per heavy atom. The maximum absolute atomic E-state index is 11.6. The molecule has 0 spiro atoms. The Bertz CT molecular complexity index is 1080. The Balaban J connectivity index is 1.37. The van der Waals surface area contributed by atoms with E-state index in [-0.39, 0.29) is 0 Å². The molecule has 0 radical (unpaired) electrons. The van der Waals surface area contributed by atoms with Gasteiger partial charge in [-0.2, -0.15) is 4.98 Å². The van der Waals surface area contributed by atoms with Crippen LogP contribution in [-0.2, 0) is 0 Å². The Morgan fingerprint density at radius 2 is 1.88 bits per heavy atom. The number of amides is 1. The van der Waals surface area contributed by atoms with E-state index in [1.54, 1.807) is 29.9 Å². The van der Waals surface area contributed by atoms with Gasteiger partial charge in [0.1, 0.15) is 18.2 Å². The van der Waals surface area contributed by atoms with Gasteiger partial charge < -0.3 is 15.4 Å². The highest BCUT2D eigenvalue weighted by Crippen LogP contribution is 2.23. The van der Waals surface area contributed by atoms with E-state index < -0.39 is 5.91 Å². The number of rotatable bonds is 9. The minimum absolute atomic E-state index is 0.329. The molecule has 1 aliphatic rings. The second-order valence-electron chi connectivity index (χ2n) is 7.92. The van der Waals surface area contributed by atoms with Crippen LogP contribution in [0.2, 0.25) is 0 Å². The maximum atomic E-state index is 11.6. The van der Waals surface area contributed by atoms with Crippen LogP contribution in [0.25, 0.3) is 0 Å². The number of ether oxygens (including phenoxy) is 1. The SMILES string of the molecule is Cc1cnc(Nc2ccc(OCCN3CCCC3)cc2)nc1Nc1cccc(C(=O)NO)c1. The van der Waals surface area contributed by atoms with Gasteiger partial charge in [-0.3, -0.25) is 14.9 Å². The number of aryl methyl sites for hydroxylation is 1. The molecule has 1 aliphatic heterocycles. The molecule has 4 rings (SSSR count). The molecule has 0 aliphatic carbocycles. The van der Waals surface area contributed by atoms with Crippen LogP contribution in [-0.4, -0.2) is 52.2 Å². The average molecular weight is 449 g/mol. The molecule has 33 heavy (non-hydrogen) atoms. The summed E-state index contributed by atoms with van der Waals surface area (Å²) in [6.07, 6.45) is 4.29. The van der Waals surface area contributed by atoms with Crippen LogP contribution in [0.15, 0.2) is 54.7 Å². The lowest BCUT2D eigenvalue weighted by Gasteiger charge is -2.15. The number of carbonyl (C=O) groups excluding carboxylic acids is 1. The Labute approximate surface area is 192 Å². The summed E-state index contributed by atoms with van der Waals surface area (Å²) in [4.78, 5) is 23.0. The lowest BCUT2D eigenvalue weighted by atomic mass is 10.2. The molecule has 1 saturated heterocycles. The van der Waals surface area contributed by atoms with Crippen LogP contribution in [0.5, 0.6) is 5.75 Å². The third-order valence-corrected chi connectivity index (χ3v) is 5.45. The van der Waals surface area contributed by atoms with E-state index in [0.717, 1.165) is 23.5 Å². The van der Waals surface area contributed by atoms with Crippen molar-refractivity contribution in [2.75, 3.05) is 36.9 Å². The van der Waals surface area contributed by atoms with Gasteiger partial charge in [-0.25, -0.2) is 10.5 Å². The lowest BCUT2D eigenvalue weighted by Crippen LogP contribution is -2.25. The molecule has 0 atom stereocenters. The molecule has 1 fully saturated rings.